The summed E-state index contributed by atoms with van der Waals surface area (Å²) in [6.45, 7) is 2.11. The molecule has 0 spiro atoms. The van der Waals surface area contributed by atoms with Crippen LogP contribution in [0.3, 0.4) is 0 Å². The SMILES string of the molecule is CCCc1nnc2sc(-c3ccc(OC)c(OC)c3)nn12. The highest BCUT2D eigenvalue weighted by Gasteiger charge is 2.14. The lowest BCUT2D eigenvalue weighted by atomic mass is 10.2. The molecule has 0 aliphatic heterocycles. The number of hydrogen-bond donors (Lipinski definition) is 0. The van der Waals surface area contributed by atoms with Crippen LogP contribution >= 0.6 is 11.3 Å². The van der Waals surface area contributed by atoms with Gasteiger partial charge in [0.1, 0.15) is 5.01 Å². The van der Waals surface area contributed by atoms with E-state index in [-0.39, 0.29) is 0 Å². The fourth-order valence-corrected chi connectivity index (χ4v) is 2.98. The van der Waals surface area contributed by atoms with Crippen LogP contribution in [0.15, 0.2) is 18.2 Å². The minimum Gasteiger partial charge on any atom is -0.493 e. The van der Waals surface area contributed by atoms with Gasteiger partial charge >= 0.3 is 0 Å². The maximum absolute atomic E-state index is 5.33. The molecule has 0 fully saturated rings. The first-order valence-electron chi connectivity index (χ1n) is 6.70. The van der Waals surface area contributed by atoms with E-state index < -0.39 is 0 Å². The second-order valence-corrected chi connectivity index (χ2v) is 5.49. The number of benzene rings is 1. The molecule has 110 valence electrons. The summed E-state index contributed by atoms with van der Waals surface area (Å²) >= 11 is 1.51. The van der Waals surface area contributed by atoms with Crippen molar-refractivity contribution in [3.8, 4) is 22.1 Å². The molecule has 0 aliphatic carbocycles. The molecule has 6 nitrogen and oxygen atoms in total. The molecule has 0 saturated carbocycles. The zero-order valence-electron chi connectivity index (χ0n) is 12.2. The van der Waals surface area contributed by atoms with Crippen molar-refractivity contribution >= 4 is 16.3 Å². The standard InChI is InChI=1S/C14H16N4O2S/c1-4-5-12-15-16-14-18(12)17-13(21-14)9-6-7-10(19-2)11(8-9)20-3/h6-8H,4-5H2,1-3H3. The van der Waals surface area contributed by atoms with E-state index in [1.807, 2.05) is 22.7 Å². The number of methoxy groups -OCH3 is 2. The summed E-state index contributed by atoms with van der Waals surface area (Å²) in [5.74, 6) is 2.29. The van der Waals surface area contributed by atoms with Crippen molar-refractivity contribution in [2.75, 3.05) is 14.2 Å². The third-order valence-corrected chi connectivity index (χ3v) is 4.11. The Labute approximate surface area is 126 Å². The first-order chi connectivity index (χ1) is 10.3. The lowest BCUT2D eigenvalue weighted by Gasteiger charge is -2.07. The van der Waals surface area contributed by atoms with E-state index in [2.05, 4.69) is 22.2 Å². The van der Waals surface area contributed by atoms with Crippen LogP contribution in [-0.2, 0) is 6.42 Å². The molecule has 1 aromatic carbocycles. The summed E-state index contributed by atoms with van der Waals surface area (Å²) in [6, 6.07) is 5.76. The third kappa shape index (κ3) is 2.44. The molecule has 0 atom stereocenters. The van der Waals surface area contributed by atoms with E-state index >= 15 is 0 Å². The number of aromatic nitrogens is 4. The lowest BCUT2D eigenvalue weighted by molar-refractivity contribution is 0.355. The van der Waals surface area contributed by atoms with Crippen LogP contribution in [0, 0.1) is 0 Å². The molecule has 0 amide bonds. The van der Waals surface area contributed by atoms with Crippen LogP contribution in [-0.4, -0.2) is 34.0 Å². The Morgan fingerprint density at radius 2 is 1.95 bits per heavy atom. The Balaban J connectivity index is 2.03. The van der Waals surface area contributed by atoms with E-state index in [4.69, 9.17) is 9.47 Å². The van der Waals surface area contributed by atoms with Gasteiger partial charge in [-0.25, -0.2) is 0 Å². The van der Waals surface area contributed by atoms with E-state index in [0.717, 1.165) is 34.2 Å². The van der Waals surface area contributed by atoms with Gasteiger partial charge in [-0.15, -0.1) is 10.2 Å². The molecule has 7 heteroatoms. The van der Waals surface area contributed by atoms with E-state index in [1.54, 1.807) is 14.2 Å². The van der Waals surface area contributed by atoms with Gasteiger partial charge in [-0.05, 0) is 24.6 Å². The van der Waals surface area contributed by atoms with Crippen molar-refractivity contribution in [2.45, 2.75) is 19.8 Å². The minimum absolute atomic E-state index is 0.690. The monoisotopic (exact) mass is 304 g/mol. The van der Waals surface area contributed by atoms with Gasteiger partial charge in [-0.2, -0.15) is 9.61 Å². The van der Waals surface area contributed by atoms with Crippen molar-refractivity contribution in [3.05, 3.63) is 24.0 Å². The zero-order chi connectivity index (χ0) is 14.8. The third-order valence-electron chi connectivity index (χ3n) is 3.16. The van der Waals surface area contributed by atoms with Crippen LogP contribution in [0.1, 0.15) is 19.2 Å². The molecule has 0 bridgehead atoms. The number of fused-ring (bicyclic) bond motifs is 1. The zero-order valence-corrected chi connectivity index (χ0v) is 13.0. The Morgan fingerprint density at radius 1 is 1.14 bits per heavy atom. The van der Waals surface area contributed by atoms with Crippen molar-refractivity contribution in [3.63, 3.8) is 0 Å². The average molecular weight is 304 g/mol. The lowest BCUT2D eigenvalue weighted by Crippen LogP contribution is -1.95. The highest BCUT2D eigenvalue weighted by atomic mass is 32.1. The van der Waals surface area contributed by atoms with Crippen LogP contribution in [0.25, 0.3) is 15.5 Å². The molecule has 0 aliphatic rings. The van der Waals surface area contributed by atoms with E-state index in [9.17, 15) is 0 Å². The maximum Gasteiger partial charge on any atom is 0.234 e. The highest BCUT2D eigenvalue weighted by Crippen LogP contribution is 2.34. The van der Waals surface area contributed by atoms with Gasteiger partial charge in [0.2, 0.25) is 4.96 Å². The number of hydrogen-bond acceptors (Lipinski definition) is 6. The van der Waals surface area contributed by atoms with Gasteiger partial charge in [0.25, 0.3) is 0 Å². The Bertz CT molecular complexity index is 766. The Morgan fingerprint density at radius 3 is 2.67 bits per heavy atom. The van der Waals surface area contributed by atoms with E-state index in [0.29, 0.717) is 11.5 Å². The van der Waals surface area contributed by atoms with Crippen LogP contribution in [0.4, 0.5) is 0 Å². The summed E-state index contributed by atoms with van der Waals surface area (Å²) in [6.07, 6.45) is 1.89. The molecule has 3 rings (SSSR count). The summed E-state index contributed by atoms with van der Waals surface area (Å²) < 4.78 is 12.4. The maximum atomic E-state index is 5.33. The van der Waals surface area contributed by atoms with Gasteiger partial charge in [0, 0.05) is 12.0 Å². The molecule has 2 aromatic heterocycles. The molecular formula is C14H16N4O2S. The molecular weight excluding hydrogens is 288 g/mol. The predicted octanol–water partition coefficient (Wildman–Crippen LogP) is 2.82. The van der Waals surface area contributed by atoms with Crippen LogP contribution < -0.4 is 9.47 Å². The number of aryl methyl sites for hydroxylation is 1. The smallest absolute Gasteiger partial charge is 0.234 e. The normalized spacial score (nSPS) is 11.0. The van der Waals surface area contributed by atoms with Gasteiger partial charge < -0.3 is 9.47 Å². The molecule has 0 radical (unpaired) electrons. The van der Waals surface area contributed by atoms with Gasteiger partial charge in [-0.3, -0.25) is 0 Å². The number of rotatable bonds is 5. The van der Waals surface area contributed by atoms with Gasteiger partial charge in [0.15, 0.2) is 17.3 Å². The van der Waals surface area contributed by atoms with Crippen molar-refractivity contribution in [2.24, 2.45) is 0 Å². The van der Waals surface area contributed by atoms with E-state index in [1.165, 1.54) is 11.3 Å². The predicted molar refractivity (Wildman–Crippen MR) is 81.2 cm³/mol. The summed E-state index contributed by atoms with van der Waals surface area (Å²) in [4.78, 5) is 0.809. The fourth-order valence-electron chi connectivity index (χ4n) is 2.12. The first kappa shape index (κ1) is 13.8. The molecule has 0 N–H and O–H groups in total. The minimum atomic E-state index is 0.690. The largest absolute Gasteiger partial charge is 0.493 e. The number of ether oxygens (including phenoxy) is 2. The second kappa shape index (κ2) is 5.69. The topological polar surface area (TPSA) is 61.5 Å². The van der Waals surface area contributed by atoms with Crippen molar-refractivity contribution in [1.29, 1.82) is 0 Å². The molecule has 0 saturated heterocycles. The van der Waals surface area contributed by atoms with Gasteiger partial charge in [0.05, 0.1) is 14.2 Å². The van der Waals surface area contributed by atoms with Gasteiger partial charge in [-0.1, -0.05) is 18.3 Å². The molecule has 0 unspecified atom stereocenters. The summed E-state index contributed by atoms with van der Waals surface area (Å²) in [7, 11) is 3.25. The van der Waals surface area contributed by atoms with Crippen molar-refractivity contribution < 1.29 is 9.47 Å². The van der Waals surface area contributed by atoms with Crippen LogP contribution in [0.5, 0.6) is 11.5 Å². The molecule has 21 heavy (non-hydrogen) atoms. The fraction of sp³-hybridized carbons (Fsp3) is 0.357. The average Bonchev–Trinajstić information content (AvgIpc) is 3.09. The second-order valence-electron chi connectivity index (χ2n) is 4.54. The first-order valence-corrected chi connectivity index (χ1v) is 7.52. The Hall–Kier alpha value is -2.15. The molecule has 2 heterocycles. The summed E-state index contributed by atoms with van der Waals surface area (Å²) in [5, 5.41) is 13.8. The quantitative estimate of drug-likeness (QED) is 0.725. The number of nitrogens with zero attached hydrogens (tertiary/aromatic N) is 4. The molecule has 3 aromatic rings. The Kier molecular flexibility index (Phi) is 3.74. The van der Waals surface area contributed by atoms with Crippen molar-refractivity contribution in [1.82, 2.24) is 19.8 Å². The van der Waals surface area contributed by atoms with Crippen LogP contribution in [0.2, 0.25) is 0 Å². The highest BCUT2D eigenvalue weighted by molar-refractivity contribution is 7.19. The summed E-state index contributed by atoms with van der Waals surface area (Å²) in [5.41, 5.74) is 0.977.